The lowest BCUT2D eigenvalue weighted by Crippen LogP contribution is -2.12. The second-order valence-corrected chi connectivity index (χ2v) is 5.84. The molecule has 4 aromatic rings. The van der Waals surface area contributed by atoms with E-state index < -0.39 is 0 Å². The Balaban J connectivity index is 1.60. The summed E-state index contributed by atoms with van der Waals surface area (Å²) in [6.45, 7) is 0. The van der Waals surface area contributed by atoms with Gasteiger partial charge in [-0.1, -0.05) is 47.1 Å². The zero-order chi connectivity index (χ0) is 17.2. The molecule has 0 N–H and O–H groups in total. The van der Waals surface area contributed by atoms with Crippen LogP contribution in [-0.4, -0.2) is 20.8 Å². The van der Waals surface area contributed by atoms with Crippen molar-refractivity contribution >= 4 is 17.5 Å². The van der Waals surface area contributed by atoms with Gasteiger partial charge >= 0.3 is 0 Å². The summed E-state index contributed by atoms with van der Waals surface area (Å²) in [6.07, 6.45) is 1.59. The fourth-order valence-electron chi connectivity index (χ4n) is 2.43. The van der Waals surface area contributed by atoms with Gasteiger partial charge in [0, 0.05) is 28.4 Å². The van der Waals surface area contributed by atoms with Crippen LogP contribution in [0, 0.1) is 0 Å². The predicted octanol–water partition coefficient (Wildman–Crippen LogP) is 4.55. The van der Waals surface area contributed by atoms with Crippen molar-refractivity contribution in [2.24, 2.45) is 0 Å². The molecule has 2 heterocycles. The van der Waals surface area contributed by atoms with E-state index in [1.807, 2.05) is 30.3 Å². The van der Waals surface area contributed by atoms with Crippen LogP contribution in [0.15, 0.2) is 77.4 Å². The number of halogens is 1. The number of rotatable bonds is 3. The molecule has 0 saturated carbocycles. The topological polar surface area (TPSA) is 60.9 Å². The molecule has 0 saturated heterocycles. The molecule has 4 rings (SSSR count). The Morgan fingerprint density at radius 1 is 0.960 bits per heavy atom. The van der Waals surface area contributed by atoms with Crippen molar-refractivity contribution in [3.63, 3.8) is 0 Å². The maximum absolute atomic E-state index is 12.4. The van der Waals surface area contributed by atoms with Crippen LogP contribution in [0.4, 0.5) is 0 Å². The van der Waals surface area contributed by atoms with Gasteiger partial charge in [-0.2, -0.15) is 5.10 Å². The molecular formula is C19H12ClN3O2. The zero-order valence-corrected chi connectivity index (χ0v) is 13.7. The van der Waals surface area contributed by atoms with Crippen LogP contribution in [0.3, 0.4) is 0 Å². The Hall–Kier alpha value is -3.18. The highest BCUT2D eigenvalue weighted by molar-refractivity contribution is 6.30. The average Bonchev–Trinajstić information content (AvgIpc) is 3.32. The minimum Gasteiger partial charge on any atom is -0.354 e. The minimum absolute atomic E-state index is 0.245. The predicted molar refractivity (Wildman–Crippen MR) is 94.3 cm³/mol. The summed E-state index contributed by atoms with van der Waals surface area (Å²) < 4.78 is 6.63. The van der Waals surface area contributed by atoms with E-state index in [4.69, 9.17) is 16.1 Å². The largest absolute Gasteiger partial charge is 0.354 e. The van der Waals surface area contributed by atoms with Gasteiger partial charge in [-0.15, -0.1) is 0 Å². The van der Waals surface area contributed by atoms with Gasteiger partial charge < -0.3 is 4.52 Å². The molecule has 5 nitrogen and oxygen atoms in total. The summed E-state index contributed by atoms with van der Waals surface area (Å²) in [5, 5.41) is 8.92. The fourth-order valence-corrected chi connectivity index (χ4v) is 2.56. The van der Waals surface area contributed by atoms with Crippen LogP contribution >= 0.6 is 11.6 Å². The summed E-state index contributed by atoms with van der Waals surface area (Å²) in [6, 6.07) is 19.9. The van der Waals surface area contributed by atoms with Gasteiger partial charge in [-0.25, -0.2) is 4.68 Å². The summed E-state index contributed by atoms with van der Waals surface area (Å²) in [5.74, 6) is 0.257. The molecule has 2 aromatic carbocycles. The molecule has 25 heavy (non-hydrogen) atoms. The number of hydrogen-bond acceptors (Lipinski definition) is 4. The quantitative estimate of drug-likeness (QED) is 0.544. The molecule has 0 unspecified atom stereocenters. The first-order chi connectivity index (χ1) is 12.2. The Kier molecular flexibility index (Phi) is 3.91. The van der Waals surface area contributed by atoms with Crippen molar-refractivity contribution in [1.29, 1.82) is 0 Å². The maximum atomic E-state index is 12.4. The highest BCUT2D eigenvalue weighted by Gasteiger charge is 2.14. The van der Waals surface area contributed by atoms with E-state index in [0.29, 0.717) is 27.7 Å². The number of nitrogens with zero attached hydrogens (tertiary/aromatic N) is 3. The summed E-state index contributed by atoms with van der Waals surface area (Å²) in [7, 11) is 0. The first-order valence-corrected chi connectivity index (χ1v) is 7.97. The van der Waals surface area contributed by atoms with Crippen molar-refractivity contribution < 1.29 is 9.32 Å². The van der Waals surface area contributed by atoms with E-state index in [-0.39, 0.29) is 5.91 Å². The molecule has 0 bridgehead atoms. The Morgan fingerprint density at radius 2 is 1.72 bits per heavy atom. The van der Waals surface area contributed by atoms with Crippen molar-refractivity contribution in [2.45, 2.75) is 0 Å². The monoisotopic (exact) mass is 349 g/mol. The van der Waals surface area contributed by atoms with Crippen LogP contribution in [-0.2, 0) is 0 Å². The van der Waals surface area contributed by atoms with Gasteiger partial charge in [-0.3, -0.25) is 4.79 Å². The second kappa shape index (κ2) is 6.37. The third kappa shape index (κ3) is 3.09. The van der Waals surface area contributed by atoms with Crippen molar-refractivity contribution in [3.05, 3.63) is 83.5 Å². The van der Waals surface area contributed by atoms with E-state index in [1.54, 1.807) is 42.6 Å². The molecule has 0 spiro atoms. The highest BCUT2D eigenvalue weighted by Crippen LogP contribution is 2.24. The molecule has 0 radical (unpaired) electrons. The normalized spacial score (nSPS) is 10.8. The standard InChI is InChI=1S/C19H12ClN3O2/c20-15-8-6-14(7-9-15)19(24)23-11-10-16(21-23)18-12-17(22-25-18)13-4-2-1-3-5-13/h1-12H. The highest BCUT2D eigenvalue weighted by atomic mass is 35.5. The SMILES string of the molecule is O=C(c1ccc(Cl)cc1)n1ccc(-c2cc(-c3ccccc3)no2)n1. The van der Waals surface area contributed by atoms with Gasteiger partial charge in [0.2, 0.25) is 0 Å². The fraction of sp³-hybridized carbons (Fsp3) is 0. The molecule has 6 heteroatoms. The van der Waals surface area contributed by atoms with Crippen LogP contribution in [0.2, 0.25) is 5.02 Å². The van der Waals surface area contributed by atoms with Crippen LogP contribution in [0.1, 0.15) is 10.4 Å². The van der Waals surface area contributed by atoms with Crippen LogP contribution < -0.4 is 0 Å². The molecule has 0 amide bonds. The molecule has 122 valence electrons. The summed E-state index contributed by atoms with van der Waals surface area (Å²) in [4.78, 5) is 12.4. The van der Waals surface area contributed by atoms with Gasteiger partial charge in [0.05, 0.1) is 0 Å². The Labute approximate surface area is 148 Å². The minimum atomic E-state index is -0.245. The van der Waals surface area contributed by atoms with Crippen molar-refractivity contribution in [3.8, 4) is 22.7 Å². The molecule has 2 aromatic heterocycles. The van der Waals surface area contributed by atoms with E-state index in [9.17, 15) is 4.79 Å². The lowest BCUT2D eigenvalue weighted by atomic mass is 10.1. The van der Waals surface area contributed by atoms with Crippen molar-refractivity contribution in [2.75, 3.05) is 0 Å². The number of carbonyl (C=O) groups excluding carboxylic acids is 1. The van der Waals surface area contributed by atoms with Gasteiger partial charge in [0.15, 0.2) is 5.76 Å². The number of carbonyl (C=O) groups is 1. The van der Waals surface area contributed by atoms with Gasteiger partial charge in [0.1, 0.15) is 11.4 Å². The molecule has 0 atom stereocenters. The lowest BCUT2D eigenvalue weighted by Gasteiger charge is -2.00. The summed E-state index contributed by atoms with van der Waals surface area (Å²) in [5.41, 5.74) is 2.71. The molecular weight excluding hydrogens is 338 g/mol. The number of aromatic nitrogens is 3. The second-order valence-electron chi connectivity index (χ2n) is 5.40. The van der Waals surface area contributed by atoms with E-state index in [0.717, 1.165) is 5.56 Å². The Bertz CT molecular complexity index is 1020. The van der Waals surface area contributed by atoms with Gasteiger partial charge in [0.25, 0.3) is 5.91 Å². The average molecular weight is 350 g/mol. The zero-order valence-electron chi connectivity index (χ0n) is 13.0. The van der Waals surface area contributed by atoms with E-state index in [1.165, 1.54) is 4.68 Å². The number of hydrogen-bond donors (Lipinski definition) is 0. The lowest BCUT2D eigenvalue weighted by molar-refractivity contribution is 0.0945. The van der Waals surface area contributed by atoms with E-state index in [2.05, 4.69) is 10.3 Å². The van der Waals surface area contributed by atoms with E-state index >= 15 is 0 Å². The third-order valence-corrected chi connectivity index (χ3v) is 3.97. The third-order valence-electron chi connectivity index (χ3n) is 3.72. The molecule has 0 aliphatic carbocycles. The molecule has 0 fully saturated rings. The first kappa shape index (κ1) is 15.4. The van der Waals surface area contributed by atoms with Crippen LogP contribution in [0.5, 0.6) is 0 Å². The van der Waals surface area contributed by atoms with Crippen molar-refractivity contribution in [1.82, 2.24) is 14.9 Å². The smallest absolute Gasteiger partial charge is 0.278 e. The first-order valence-electron chi connectivity index (χ1n) is 7.59. The van der Waals surface area contributed by atoms with Crippen LogP contribution in [0.25, 0.3) is 22.7 Å². The number of benzene rings is 2. The molecule has 0 aliphatic heterocycles. The maximum Gasteiger partial charge on any atom is 0.278 e. The Morgan fingerprint density at radius 3 is 2.48 bits per heavy atom. The summed E-state index contributed by atoms with van der Waals surface area (Å²) >= 11 is 5.85. The molecule has 0 aliphatic rings. The van der Waals surface area contributed by atoms with Gasteiger partial charge in [-0.05, 0) is 30.3 Å².